The fraction of sp³-hybridized carbons (Fsp3) is 0.391. The lowest BCUT2D eigenvalue weighted by atomic mass is 9.90. The second-order valence-electron chi connectivity index (χ2n) is 7.86. The van der Waals surface area contributed by atoms with Crippen LogP contribution in [0.3, 0.4) is 0 Å². The van der Waals surface area contributed by atoms with Crippen LogP contribution in [0.15, 0.2) is 54.6 Å². The zero-order valence-electron chi connectivity index (χ0n) is 16.7. The minimum absolute atomic E-state index is 0. The first-order valence-corrected chi connectivity index (χ1v) is 9.98. The molecule has 2 aromatic carbocycles. The van der Waals surface area contributed by atoms with E-state index in [9.17, 15) is 9.59 Å². The van der Waals surface area contributed by atoms with Crippen LogP contribution in [-0.2, 0) is 16.0 Å². The number of carbonyl (C=O) groups excluding carboxylic acids is 2. The Kier molecular flexibility index (Phi) is 6.60. The van der Waals surface area contributed by atoms with E-state index < -0.39 is 0 Å². The first kappa shape index (κ1) is 21.3. The summed E-state index contributed by atoms with van der Waals surface area (Å²) in [5.41, 5.74) is 9.88. The van der Waals surface area contributed by atoms with Gasteiger partial charge < -0.3 is 15.5 Å². The molecule has 29 heavy (non-hydrogen) atoms. The van der Waals surface area contributed by atoms with E-state index in [1.54, 1.807) is 6.92 Å². The number of nitrogens with zero attached hydrogens (tertiary/aromatic N) is 2. The molecule has 0 spiro atoms. The molecule has 3 atom stereocenters. The van der Waals surface area contributed by atoms with E-state index in [2.05, 4.69) is 18.2 Å². The van der Waals surface area contributed by atoms with E-state index in [1.165, 1.54) is 11.1 Å². The second kappa shape index (κ2) is 8.97. The van der Waals surface area contributed by atoms with E-state index in [1.807, 2.05) is 46.2 Å². The molecule has 0 radical (unpaired) electrons. The van der Waals surface area contributed by atoms with E-state index in [0.717, 1.165) is 12.0 Å². The minimum atomic E-state index is -0.193. The molecule has 2 heterocycles. The lowest BCUT2D eigenvalue weighted by molar-refractivity contribution is -0.136. The predicted molar refractivity (Wildman–Crippen MR) is 116 cm³/mol. The van der Waals surface area contributed by atoms with Gasteiger partial charge in [-0.2, -0.15) is 0 Å². The molecular weight excluding hydrogens is 386 g/mol. The van der Waals surface area contributed by atoms with Crippen LogP contribution >= 0.6 is 12.4 Å². The van der Waals surface area contributed by atoms with E-state index >= 15 is 0 Å². The number of carbonyl (C=O) groups is 2. The van der Waals surface area contributed by atoms with Crippen molar-refractivity contribution in [2.24, 2.45) is 5.73 Å². The van der Waals surface area contributed by atoms with Gasteiger partial charge in [-0.05, 0) is 23.1 Å². The number of fused-ring (bicyclic) bond motifs is 1. The molecule has 2 aliphatic heterocycles. The average Bonchev–Trinajstić information content (AvgIpc) is 3.10. The number of hydrogen-bond acceptors (Lipinski definition) is 3. The third kappa shape index (κ3) is 4.31. The summed E-state index contributed by atoms with van der Waals surface area (Å²) in [4.78, 5) is 29.0. The van der Waals surface area contributed by atoms with E-state index in [4.69, 9.17) is 5.73 Å². The summed E-state index contributed by atoms with van der Waals surface area (Å²) in [7, 11) is 0. The zero-order chi connectivity index (χ0) is 19.7. The molecule has 0 aromatic heterocycles. The maximum absolute atomic E-state index is 13.1. The Balaban J connectivity index is 0.00000240. The quantitative estimate of drug-likeness (QED) is 0.841. The molecule has 2 aliphatic rings. The lowest BCUT2D eigenvalue weighted by Crippen LogP contribution is -2.42. The van der Waals surface area contributed by atoms with Gasteiger partial charge in [0.2, 0.25) is 11.8 Å². The first-order chi connectivity index (χ1) is 13.5. The number of halogens is 1. The number of hydrogen-bond donors (Lipinski definition) is 1. The Morgan fingerprint density at radius 2 is 1.72 bits per heavy atom. The maximum atomic E-state index is 13.1. The summed E-state index contributed by atoms with van der Waals surface area (Å²) < 4.78 is 0. The van der Waals surface area contributed by atoms with Crippen molar-refractivity contribution in [1.29, 1.82) is 0 Å². The van der Waals surface area contributed by atoms with Crippen LogP contribution in [0, 0.1) is 0 Å². The van der Waals surface area contributed by atoms with Crippen LogP contribution in [0.25, 0.3) is 0 Å². The highest BCUT2D eigenvalue weighted by atomic mass is 35.5. The Hall–Kier alpha value is -2.37. The normalized spacial score (nSPS) is 23.3. The van der Waals surface area contributed by atoms with Crippen LogP contribution in [-0.4, -0.2) is 47.3 Å². The lowest BCUT2D eigenvalue weighted by Gasteiger charge is -2.37. The van der Waals surface area contributed by atoms with Crippen LogP contribution in [0.1, 0.15) is 42.0 Å². The van der Waals surface area contributed by atoms with Gasteiger partial charge in [0.25, 0.3) is 0 Å². The largest absolute Gasteiger partial charge is 0.340 e. The smallest absolute Gasteiger partial charge is 0.225 e. The summed E-state index contributed by atoms with van der Waals surface area (Å²) in [6, 6.07) is 18.1. The van der Waals surface area contributed by atoms with Crippen molar-refractivity contribution in [1.82, 2.24) is 9.80 Å². The molecule has 2 amide bonds. The van der Waals surface area contributed by atoms with Crippen LogP contribution in [0.2, 0.25) is 0 Å². The number of likely N-dealkylation sites (tertiary alicyclic amines) is 1. The second-order valence-corrected chi connectivity index (χ2v) is 7.86. The van der Waals surface area contributed by atoms with Crippen molar-refractivity contribution >= 4 is 24.2 Å². The molecule has 5 nitrogen and oxygen atoms in total. The van der Waals surface area contributed by atoms with Gasteiger partial charge in [0.1, 0.15) is 0 Å². The van der Waals surface area contributed by atoms with Crippen molar-refractivity contribution in [3.63, 3.8) is 0 Å². The summed E-state index contributed by atoms with van der Waals surface area (Å²) in [5.74, 6) is 0.252. The molecule has 0 bridgehead atoms. The fourth-order valence-corrected chi connectivity index (χ4v) is 4.63. The minimum Gasteiger partial charge on any atom is -0.340 e. The molecule has 0 aliphatic carbocycles. The third-order valence-electron chi connectivity index (χ3n) is 6.13. The Bertz CT molecular complexity index is 873. The monoisotopic (exact) mass is 413 g/mol. The third-order valence-corrected chi connectivity index (χ3v) is 6.13. The topological polar surface area (TPSA) is 66.6 Å². The highest BCUT2D eigenvalue weighted by Crippen LogP contribution is 2.34. The predicted octanol–water partition coefficient (Wildman–Crippen LogP) is 2.90. The van der Waals surface area contributed by atoms with E-state index in [0.29, 0.717) is 26.1 Å². The first-order valence-electron chi connectivity index (χ1n) is 9.98. The fourth-order valence-electron chi connectivity index (χ4n) is 4.63. The molecule has 1 fully saturated rings. The van der Waals surface area contributed by atoms with Crippen LogP contribution in [0.5, 0.6) is 0 Å². The van der Waals surface area contributed by atoms with Gasteiger partial charge in [0.05, 0.1) is 12.5 Å². The number of nitrogens with two attached hydrogens (primary N) is 1. The van der Waals surface area contributed by atoms with Crippen molar-refractivity contribution in [2.45, 2.75) is 37.8 Å². The van der Waals surface area contributed by atoms with Gasteiger partial charge in [-0.15, -0.1) is 12.4 Å². The van der Waals surface area contributed by atoms with E-state index in [-0.39, 0.29) is 42.2 Å². The van der Waals surface area contributed by atoms with Gasteiger partial charge in [0.15, 0.2) is 0 Å². The molecule has 1 saturated heterocycles. The molecule has 2 N–H and O–H groups in total. The summed E-state index contributed by atoms with van der Waals surface area (Å²) in [6.45, 7) is 3.45. The summed E-state index contributed by atoms with van der Waals surface area (Å²) in [5, 5.41) is 0. The highest BCUT2D eigenvalue weighted by Gasteiger charge is 2.37. The van der Waals surface area contributed by atoms with Gasteiger partial charge in [0, 0.05) is 38.5 Å². The van der Waals surface area contributed by atoms with Crippen molar-refractivity contribution < 1.29 is 9.59 Å². The van der Waals surface area contributed by atoms with Crippen molar-refractivity contribution in [3.05, 3.63) is 71.3 Å². The summed E-state index contributed by atoms with van der Waals surface area (Å²) in [6.07, 6.45) is 1.15. The number of amides is 2. The molecule has 2 aromatic rings. The number of rotatable bonds is 3. The Morgan fingerprint density at radius 1 is 1.03 bits per heavy atom. The standard InChI is InChI=1S/C23H27N3O2.ClH/c1-16(27)26-12-11-18-9-5-6-10-19(18)22(26)13-23(28)25-14-20(21(24)15-25)17-7-3-2-4-8-17;/h2-10,20-22H,11-15,24H2,1H3;1H/t20-,21+,22?;/m0./s1. The van der Waals surface area contributed by atoms with Crippen molar-refractivity contribution in [2.75, 3.05) is 19.6 Å². The average molecular weight is 414 g/mol. The summed E-state index contributed by atoms with van der Waals surface area (Å²) >= 11 is 0. The van der Waals surface area contributed by atoms with Gasteiger partial charge in [-0.25, -0.2) is 0 Å². The number of benzene rings is 2. The molecular formula is C23H28ClN3O2. The zero-order valence-corrected chi connectivity index (χ0v) is 17.5. The SMILES string of the molecule is CC(=O)N1CCc2ccccc2C1CC(=O)N1C[C@@H](N)[C@H](c2ccccc2)C1.Cl. The molecule has 154 valence electrons. The van der Waals surface area contributed by atoms with Gasteiger partial charge in [-0.3, -0.25) is 9.59 Å². The Morgan fingerprint density at radius 3 is 2.45 bits per heavy atom. The van der Waals surface area contributed by atoms with Crippen LogP contribution in [0.4, 0.5) is 0 Å². The van der Waals surface area contributed by atoms with Gasteiger partial charge in [-0.1, -0.05) is 54.6 Å². The van der Waals surface area contributed by atoms with Crippen LogP contribution < -0.4 is 5.73 Å². The van der Waals surface area contributed by atoms with Gasteiger partial charge >= 0.3 is 0 Å². The maximum Gasteiger partial charge on any atom is 0.225 e. The molecule has 0 saturated carbocycles. The molecule has 4 rings (SSSR count). The van der Waals surface area contributed by atoms with Crippen molar-refractivity contribution in [3.8, 4) is 0 Å². The molecule has 1 unspecified atom stereocenters. The highest BCUT2D eigenvalue weighted by molar-refractivity contribution is 5.85. The Labute approximate surface area is 178 Å². The molecule has 6 heteroatoms.